The molecule has 3 aromatic rings. The molecular formula is C18H21N5O3S. The van der Waals surface area contributed by atoms with E-state index in [-0.39, 0.29) is 6.54 Å². The molecule has 2 heterocycles. The Hall–Kier alpha value is -2.75. The third kappa shape index (κ3) is 4.33. The third-order valence-electron chi connectivity index (χ3n) is 3.87. The molecule has 0 aliphatic heterocycles. The van der Waals surface area contributed by atoms with Gasteiger partial charge in [-0.1, -0.05) is 0 Å². The maximum absolute atomic E-state index is 12.4. The van der Waals surface area contributed by atoms with E-state index in [4.69, 9.17) is 9.52 Å². The Morgan fingerprint density at radius 3 is 2.56 bits per heavy atom. The summed E-state index contributed by atoms with van der Waals surface area (Å²) in [5, 5.41) is 13.4. The molecular weight excluding hydrogens is 366 g/mol. The Morgan fingerprint density at radius 1 is 1.19 bits per heavy atom. The van der Waals surface area contributed by atoms with Gasteiger partial charge in [0.25, 0.3) is 0 Å². The van der Waals surface area contributed by atoms with Crippen molar-refractivity contribution in [3.8, 4) is 5.88 Å². The smallest absolute Gasteiger partial charge is 0.240 e. The fraction of sp³-hybridized carbons (Fsp3) is 0.222. The van der Waals surface area contributed by atoms with Crippen molar-refractivity contribution in [1.29, 1.82) is 4.78 Å². The van der Waals surface area contributed by atoms with E-state index in [0.29, 0.717) is 16.3 Å². The van der Waals surface area contributed by atoms with E-state index in [0.717, 1.165) is 16.8 Å². The van der Waals surface area contributed by atoms with E-state index in [1.54, 1.807) is 50.7 Å². The number of pyridine rings is 2. The predicted molar refractivity (Wildman–Crippen MR) is 105 cm³/mol. The van der Waals surface area contributed by atoms with E-state index in [1.807, 2.05) is 12.1 Å². The van der Waals surface area contributed by atoms with Crippen LogP contribution in [0.4, 0.5) is 11.4 Å². The minimum atomic E-state index is -3.16. The number of aromatic nitrogens is 2. The number of hydrogen-bond donors (Lipinski definition) is 4. The van der Waals surface area contributed by atoms with E-state index in [9.17, 15) is 9.32 Å². The summed E-state index contributed by atoms with van der Waals surface area (Å²) in [6, 6.07) is 10.4. The quantitative estimate of drug-likeness (QED) is 0.495. The van der Waals surface area contributed by atoms with Crippen molar-refractivity contribution in [3.63, 3.8) is 0 Å². The number of hydrogen-bond acceptors (Lipinski definition) is 7. The first-order valence-electron chi connectivity index (χ1n) is 8.27. The van der Waals surface area contributed by atoms with Crippen LogP contribution < -0.4 is 14.8 Å². The van der Waals surface area contributed by atoms with Crippen molar-refractivity contribution in [2.24, 2.45) is 0 Å². The lowest BCUT2D eigenvalue weighted by atomic mass is 10.2. The van der Waals surface area contributed by atoms with Gasteiger partial charge in [0.2, 0.25) is 5.88 Å². The summed E-state index contributed by atoms with van der Waals surface area (Å²) in [4.78, 5) is 8.81. The van der Waals surface area contributed by atoms with Gasteiger partial charge in [-0.3, -0.25) is 4.98 Å². The van der Waals surface area contributed by atoms with Gasteiger partial charge in [0.05, 0.1) is 18.1 Å². The maximum atomic E-state index is 12.4. The van der Waals surface area contributed by atoms with Crippen molar-refractivity contribution in [3.05, 3.63) is 48.8 Å². The normalized spacial score (nSPS) is 14.5. The summed E-state index contributed by atoms with van der Waals surface area (Å²) in [6.45, 7) is 1.65. The van der Waals surface area contributed by atoms with Crippen LogP contribution in [-0.4, -0.2) is 39.0 Å². The Labute approximate surface area is 157 Å². The van der Waals surface area contributed by atoms with Crippen molar-refractivity contribution < 1.29 is 14.1 Å². The summed E-state index contributed by atoms with van der Waals surface area (Å²) in [5.41, 5.74) is 2.25. The molecule has 3 rings (SSSR count). The van der Waals surface area contributed by atoms with Crippen molar-refractivity contribution in [2.75, 3.05) is 19.0 Å². The number of rotatable bonds is 7. The number of fused-ring (bicyclic) bond motifs is 1. The molecule has 2 aromatic heterocycles. The second kappa shape index (κ2) is 7.87. The Bertz CT molecular complexity index is 1040. The van der Waals surface area contributed by atoms with Crippen LogP contribution in [0.3, 0.4) is 0 Å². The third-order valence-corrected chi connectivity index (χ3v) is 5.38. The van der Waals surface area contributed by atoms with Crippen LogP contribution in [0.1, 0.15) is 6.92 Å². The molecule has 0 radical (unpaired) electrons. The van der Waals surface area contributed by atoms with Crippen LogP contribution >= 0.6 is 0 Å². The fourth-order valence-corrected chi connectivity index (χ4v) is 3.68. The van der Waals surface area contributed by atoms with E-state index in [1.165, 1.54) is 0 Å². The average molecular weight is 387 g/mol. The SMILES string of the molecule is COc1nccc2c(Nc3ccc(S(=N)(=O)NC[C@@H](C)O)cc3)ccnc12. The van der Waals surface area contributed by atoms with Gasteiger partial charge in [-0.25, -0.2) is 18.7 Å². The summed E-state index contributed by atoms with van der Waals surface area (Å²) in [5.74, 6) is 0.449. The second-order valence-electron chi connectivity index (χ2n) is 5.98. The summed E-state index contributed by atoms with van der Waals surface area (Å²) in [7, 11) is -1.61. The fourth-order valence-electron chi connectivity index (χ4n) is 2.52. The van der Waals surface area contributed by atoms with Crippen LogP contribution in [0.15, 0.2) is 53.7 Å². The van der Waals surface area contributed by atoms with Gasteiger partial charge in [0.1, 0.15) is 15.4 Å². The highest BCUT2D eigenvalue weighted by atomic mass is 32.2. The highest BCUT2D eigenvalue weighted by molar-refractivity contribution is 7.90. The number of methoxy groups -OCH3 is 1. The summed E-state index contributed by atoms with van der Waals surface area (Å²) >= 11 is 0. The van der Waals surface area contributed by atoms with Gasteiger partial charge in [-0.05, 0) is 43.3 Å². The van der Waals surface area contributed by atoms with Gasteiger partial charge in [0, 0.05) is 35.7 Å². The van der Waals surface area contributed by atoms with Crippen molar-refractivity contribution >= 4 is 32.2 Å². The highest BCUT2D eigenvalue weighted by Gasteiger charge is 2.12. The molecule has 1 aromatic carbocycles. The Kier molecular flexibility index (Phi) is 5.54. The van der Waals surface area contributed by atoms with Gasteiger partial charge in [-0.2, -0.15) is 0 Å². The van der Waals surface area contributed by atoms with Crippen molar-refractivity contribution in [1.82, 2.24) is 14.7 Å². The number of aliphatic hydroxyl groups is 1. The largest absolute Gasteiger partial charge is 0.479 e. The first-order chi connectivity index (χ1) is 12.9. The molecule has 0 aliphatic rings. The number of anilines is 2. The molecule has 0 bridgehead atoms. The standard InChI is InChI=1S/C18H21N5O3S/c1-12(24)11-22-27(19,25)14-5-3-13(4-6-14)23-16-8-10-20-17-15(16)7-9-21-18(17)26-2/h3-10,12,24H,11H2,1-2H3,(H,20,23)(H2,19,22,25)/t12-,27?/m1/s1. The zero-order valence-corrected chi connectivity index (χ0v) is 15.8. The molecule has 0 spiro atoms. The topological polar surface area (TPSA) is 120 Å². The minimum Gasteiger partial charge on any atom is -0.479 e. The zero-order valence-electron chi connectivity index (χ0n) is 15.0. The van der Waals surface area contributed by atoms with Gasteiger partial charge in [0.15, 0.2) is 0 Å². The molecule has 27 heavy (non-hydrogen) atoms. The molecule has 4 N–H and O–H groups in total. The highest BCUT2D eigenvalue weighted by Crippen LogP contribution is 2.29. The molecule has 9 heteroatoms. The first kappa shape index (κ1) is 19.0. The lowest BCUT2D eigenvalue weighted by Crippen LogP contribution is -2.29. The molecule has 0 saturated carbocycles. The van der Waals surface area contributed by atoms with E-state index in [2.05, 4.69) is 20.0 Å². The minimum absolute atomic E-state index is 0.0845. The molecule has 0 aliphatic carbocycles. The summed E-state index contributed by atoms with van der Waals surface area (Å²) in [6.07, 6.45) is 2.64. The summed E-state index contributed by atoms with van der Waals surface area (Å²) < 4.78 is 28.2. The molecule has 0 fully saturated rings. The van der Waals surface area contributed by atoms with Gasteiger partial charge in [-0.15, -0.1) is 0 Å². The number of aliphatic hydroxyl groups excluding tert-OH is 1. The zero-order chi connectivity index (χ0) is 19.4. The van der Waals surface area contributed by atoms with Crippen LogP contribution in [0.2, 0.25) is 0 Å². The lowest BCUT2D eigenvalue weighted by molar-refractivity contribution is 0.199. The molecule has 1 unspecified atom stereocenters. The predicted octanol–water partition coefficient (Wildman–Crippen LogP) is 2.67. The molecule has 0 amide bonds. The van der Waals surface area contributed by atoms with E-state index < -0.39 is 16.0 Å². The number of nitrogens with one attached hydrogen (secondary N) is 3. The molecule has 2 atom stereocenters. The van der Waals surface area contributed by atoms with Gasteiger partial charge >= 0.3 is 0 Å². The molecule has 142 valence electrons. The number of ether oxygens (including phenoxy) is 1. The molecule has 8 nitrogen and oxygen atoms in total. The Morgan fingerprint density at radius 2 is 1.89 bits per heavy atom. The molecule has 0 saturated heterocycles. The lowest BCUT2D eigenvalue weighted by Gasteiger charge is -2.13. The second-order valence-corrected chi connectivity index (χ2v) is 7.85. The van der Waals surface area contributed by atoms with Crippen LogP contribution in [0.25, 0.3) is 10.9 Å². The monoisotopic (exact) mass is 387 g/mol. The van der Waals surface area contributed by atoms with Crippen molar-refractivity contribution in [2.45, 2.75) is 17.9 Å². The Balaban J connectivity index is 1.84. The maximum Gasteiger partial charge on any atom is 0.240 e. The van der Waals surface area contributed by atoms with Crippen LogP contribution in [-0.2, 0) is 9.92 Å². The number of nitrogens with zero attached hydrogens (tertiary/aromatic N) is 2. The first-order valence-corrected chi connectivity index (χ1v) is 9.83. The van der Waals surface area contributed by atoms with E-state index >= 15 is 0 Å². The van der Waals surface area contributed by atoms with Crippen LogP contribution in [0.5, 0.6) is 5.88 Å². The van der Waals surface area contributed by atoms with Crippen LogP contribution in [0, 0.1) is 4.78 Å². The average Bonchev–Trinajstić information content (AvgIpc) is 2.67. The number of benzene rings is 1. The van der Waals surface area contributed by atoms with Gasteiger partial charge < -0.3 is 15.2 Å².